The van der Waals surface area contributed by atoms with Crippen LogP contribution in [0.3, 0.4) is 0 Å². The molecule has 0 aromatic carbocycles. The zero-order valence-electron chi connectivity index (χ0n) is 14.7. The van der Waals surface area contributed by atoms with Crippen LogP contribution in [-0.4, -0.2) is 16.0 Å². The Hall–Kier alpha value is -0.600. The van der Waals surface area contributed by atoms with Crippen LogP contribution in [0.5, 0.6) is 0 Å². The quantitative estimate of drug-likeness (QED) is 0.555. The van der Waals surface area contributed by atoms with Gasteiger partial charge in [-0.25, -0.2) is 0 Å². The molecule has 2 heteroatoms. The smallest absolute Gasteiger partial charge is 0.172 e. The predicted octanol–water partition coefficient (Wildman–Crippen LogP) is 4.43. The van der Waals surface area contributed by atoms with Crippen LogP contribution in [0, 0.1) is 34.5 Å². The van der Waals surface area contributed by atoms with E-state index in [9.17, 15) is 10.2 Å². The Bertz CT molecular complexity index is 548. The summed E-state index contributed by atoms with van der Waals surface area (Å²) in [4.78, 5) is 0. The van der Waals surface area contributed by atoms with Crippen LogP contribution in [0.15, 0.2) is 24.3 Å². The second-order valence-electron chi connectivity index (χ2n) is 9.17. The lowest BCUT2D eigenvalue weighted by atomic mass is 9.45. The van der Waals surface area contributed by atoms with Gasteiger partial charge >= 0.3 is 0 Å². The van der Waals surface area contributed by atoms with Gasteiger partial charge in [-0.2, -0.15) is 0 Å². The average Bonchev–Trinajstić information content (AvgIpc) is 2.85. The van der Waals surface area contributed by atoms with Gasteiger partial charge in [0.25, 0.3) is 0 Å². The maximum atomic E-state index is 10.9. The normalized spacial score (nSPS) is 51.2. The monoisotopic (exact) mass is 316 g/mol. The molecule has 4 rings (SSSR count). The molecule has 0 amide bonds. The first-order valence-electron chi connectivity index (χ1n) is 9.61. The van der Waals surface area contributed by atoms with Crippen LogP contribution in [0.1, 0.15) is 65.2 Å². The molecular formula is C21H32O2. The Balaban J connectivity index is 1.73. The number of hydrogen-bond acceptors (Lipinski definition) is 2. The van der Waals surface area contributed by atoms with E-state index in [4.69, 9.17) is 0 Å². The van der Waals surface area contributed by atoms with Gasteiger partial charge in [0, 0.05) is 11.8 Å². The molecule has 0 aromatic rings. The van der Waals surface area contributed by atoms with E-state index in [-0.39, 0.29) is 0 Å². The molecule has 4 aliphatic carbocycles. The Morgan fingerprint density at radius 1 is 1.09 bits per heavy atom. The fourth-order valence-electron chi connectivity index (χ4n) is 7.23. The summed E-state index contributed by atoms with van der Waals surface area (Å²) in [6, 6.07) is 0. The number of aliphatic hydroxyl groups is 2. The van der Waals surface area contributed by atoms with Crippen molar-refractivity contribution in [1.29, 1.82) is 0 Å². The van der Waals surface area contributed by atoms with Gasteiger partial charge in [0.05, 0.1) is 0 Å². The van der Waals surface area contributed by atoms with Crippen molar-refractivity contribution in [2.24, 2.45) is 34.5 Å². The maximum Gasteiger partial charge on any atom is 0.172 e. The Labute approximate surface area is 140 Å². The predicted molar refractivity (Wildman–Crippen MR) is 92.6 cm³/mol. The topological polar surface area (TPSA) is 40.5 Å². The van der Waals surface area contributed by atoms with Crippen molar-refractivity contribution in [3.05, 3.63) is 24.3 Å². The van der Waals surface area contributed by atoms with Crippen molar-refractivity contribution in [1.82, 2.24) is 0 Å². The van der Waals surface area contributed by atoms with E-state index in [1.165, 1.54) is 31.3 Å². The summed E-state index contributed by atoms with van der Waals surface area (Å²) in [6.07, 6.45) is 13.0. The molecule has 0 spiro atoms. The van der Waals surface area contributed by atoms with E-state index >= 15 is 0 Å². The first-order chi connectivity index (χ1) is 10.8. The molecule has 128 valence electrons. The minimum atomic E-state index is -1.52. The molecule has 4 aliphatic rings. The average molecular weight is 316 g/mol. The van der Waals surface area contributed by atoms with Crippen LogP contribution < -0.4 is 0 Å². The fourth-order valence-corrected chi connectivity index (χ4v) is 7.23. The van der Waals surface area contributed by atoms with Crippen LogP contribution in [-0.2, 0) is 0 Å². The molecule has 0 saturated heterocycles. The number of allylic oxidation sites excluding steroid dienone is 2. The highest BCUT2D eigenvalue weighted by molar-refractivity contribution is 5.28. The van der Waals surface area contributed by atoms with Gasteiger partial charge in [0.15, 0.2) is 5.79 Å². The molecule has 2 N–H and O–H groups in total. The lowest BCUT2D eigenvalue weighted by Crippen LogP contribution is -2.60. The second-order valence-corrected chi connectivity index (χ2v) is 9.17. The lowest BCUT2D eigenvalue weighted by Gasteiger charge is -2.61. The molecule has 6 atom stereocenters. The van der Waals surface area contributed by atoms with Crippen molar-refractivity contribution in [3.8, 4) is 0 Å². The highest BCUT2D eigenvalue weighted by Gasteiger charge is 2.63. The van der Waals surface area contributed by atoms with E-state index in [1.54, 1.807) is 0 Å². The van der Waals surface area contributed by atoms with Gasteiger partial charge in [-0.1, -0.05) is 31.6 Å². The summed E-state index contributed by atoms with van der Waals surface area (Å²) in [5, 5.41) is 21.7. The molecule has 0 aromatic heterocycles. The SMILES string of the molecule is C=C[C@H]1CC[C@H]2[C@@H]3CCC4=CCCC(O)(O)[C@]4(C)[C@H]3CC[C@]12C. The molecule has 0 bridgehead atoms. The third kappa shape index (κ3) is 1.88. The van der Waals surface area contributed by atoms with Gasteiger partial charge in [0.2, 0.25) is 0 Å². The highest BCUT2D eigenvalue weighted by Crippen LogP contribution is 2.68. The first-order valence-corrected chi connectivity index (χ1v) is 9.61. The number of hydrogen-bond donors (Lipinski definition) is 2. The highest BCUT2D eigenvalue weighted by atomic mass is 16.5. The molecule has 3 fully saturated rings. The molecular weight excluding hydrogens is 284 g/mol. The molecule has 0 heterocycles. The first kappa shape index (κ1) is 15.9. The summed E-state index contributed by atoms with van der Waals surface area (Å²) < 4.78 is 0. The van der Waals surface area contributed by atoms with Gasteiger partial charge in [-0.3, -0.25) is 0 Å². The summed E-state index contributed by atoms with van der Waals surface area (Å²) >= 11 is 0. The van der Waals surface area contributed by atoms with E-state index < -0.39 is 11.2 Å². The van der Waals surface area contributed by atoms with Crippen molar-refractivity contribution in [2.45, 2.75) is 71.0 Å². The van der Waals surface area contributed by atoms with Crippen LogP contribution in [0.4, 0.5) is 0 Å². The van der Waals surface area contributed by atoms with Crippen molar-refractivity contribution in [2.75, 3.05) is 0 Å². The summed E-state index contributed by atoms with van der Waals surface area (Å²) in [7, 11) is 0. The van der Waals surface area contributed by atoms with Gasteiger partial charge in [-0.15, -0.1) is 6.58 Å². The van der Waals surface area contributed by atoms with Crippen LogP contribution >= 0.6 is 0 Å². The fraction of sp³-hybridized carbons (Fsp3) is 0.810. The molecule has 3 saturated carbocycles. The Kier molecular flexibility index (Phi) is 3.42. The summed E-state index contributed by atoms with van der Waals surface area (Å²) in [5.41, 5.74) is 1.29. The van der Waals surface area contributed by atoms with Crippen molar-refractivity contribution in [3.63, 3.8) is 0 Å². The van der Waals surface area contributed by atoms with Crippen LogP contribution in [0.2, 0.25) is 0 Å². The minimum Gasteiger partial charge on any atom is -0.365 e. The molecule has 0 unspecified atom stereocenters. The van der Waals surface area contributed by atoms with E-state index in [2.05, 4.69) is 32.6 Å². The summed E-state index contributed by atoms with van der Waals surface area (Å²) in [5.74, 6) is 0.944. The number of rotatable bonds is 1. The third-order valence-corrected chi connectivity index (χ3v) is 8.67. The number of fused-ring (bicyclic) bond motifs is 5. The van der Waals surface area contributed by atoms with Crippen molar-refractivity contribution < 1.29 is 10.2 Å². The van der Waals surface area contributed by atoms with Crippen molar-refractivity contribution >= 4 is 0 Å². The van der Waals surface area contributed by atoms with E-state index in [1.807, 2.05) is 0 Å². The van der Waals surface area contributed by atoms with E-state index in [0.717, 1.165) is 25.2 Å². The summed E-state index contributed by atoms with van der Waals surface area (Å²) in [6.45, 7) is 8.73. The Morgan fingerprint density at radius 3 is 2.61 bits per heavy atom. The largest absolute Gasteiger partial charge is 0.365 e. The standard InChI is InChI=1S/C21H32O2/c1-4-14-8-10-17-16-9-7-15-6-5-12-21(22,23)20(15,3)18(16)11-13-19(14,17)2/h4,6,14,16-18,22-23H,1,5,7-13H2,2-3H3/t14-,16-,17-,18-,19+,20-/m0/s1. The molecule has 2 nitrogen and oxygen atoms in total. The molecule has 23 heavy (non-hydrogen) atoms. The van der Waals surface area contributed by atoms with Gasteiger partial charge < -0.3 is 10.2 Å². The zero-order valence-corrected chi connectivity index (χ0v) is 14.7. The maximum absolute atomic E-state index is 10.9. The van der Waals surface area contributed by atoms with E-state index in [0.29, 0.717) is 29.6 Å². The molecule has 0 radical (unpaired) electrons. The lowest BCUT2D eigenvalue weighted by molar-refractivity contribution is -0.267. The van der Waals surface area contributed by atoms with Crippen LogP contribution in [0.25, 0.3) is 0 Å². The second kappa shape index (κ2) is 4.95. The zero-order chi connectivity index (χ0) is 16.5. The Morgan fingerprint density at radius 2 is 1.87 bits per heavy atom. The molecule has 0 aliphatic heterocycles. The van der Waals surface area contributed by atoms with Gasteiger partial charge in [0.1, 0.15) is 0 Å². The minimum absolute atomic E-state index is 0.392. The third-order valence-electron chi connectivity index (χ3n) is 8.67. The van der Waals surface area contributed by atoms with Gasteiger partial charge in [-0.05, 0) is 74.0 Å².